The minimum atomic E-state index is 0.422. The molecule has 20 heavy (non-hydrogen) atoms. The Morgan fingerprint density at radius 1 is 1.00 bits per heavy atom. The van der Waals surface area contributed by atoms with Crippen LogP contribution >= 0.6 is 24.4 Å². The van der Waals surface area contributed by atoms with Crippen LogP contribution in [-0.4, -0.2) is 36.2 Å². The Balaban J connectivity index is 2.85. The van der Waals surface area contributed by atoms with E-state index in [4.69, 9.17) is 24.4 Å². The fraction of sp³-hybridized carbons (Fsp3) is 0.167. The molecule has 6 nitrogen and oxygen atoms in total. The van der Waals surface area contributed by atoms with Crippen LogP contribution in [0.4, 0.5) is 0 Å². The summed E-state index contributed by atoms with van der Waals surface area (Å²) in [5, 5.41) is 14.6. The second kappa shape index (κ2) is 8.94. The van der Waals surface area contributed by atoms with Crippen LogP contribution < -0.4 is 21.5 Å². The molecule has 0 aliphatic heterocycles. The summed E-state index contributed by atoms with van der Waals surface area (Å²) in [7, 11) is 3.43. The first kappa shape index (κ1) is 16.0. The van der Waals surface area contributed by atoms with Crippen LogP contribution in [0, 0.1) is 0 Å². The van der Waals surface area contributed by atoms with Gasteiger partial charge in [0.2, 0.25) is 0 Å². The molecular formula is C12H16N6S2. The molecule has 0 unspecified atom stereocenters. The van der Waals surface area contributed by atoms with E-state index in [1.807, 2.05) is 30.3 Å². The molecule has 8 heteroatoms. The molecule has 1 rings (SSSR count). The molecular weight excluding hydrogens is 292 g/mol. The zero-order chi connectivity index (χ0) is 14.8. The van der Waals surface area contributed by atoms with Gasteiger partial charge in [0.25, 0.3) is 0 Å². The maximum Gasteiger partial charge on any atom is 0.186 e. The molecule has 1 aromatic rings. The molecule has 0 aliphatic rings. The second-order valence-corrected chi connectivity index (χ2v) is 4.32. The van der Waals surface area contributed by atoms with Crippen molar-refractivity contribution < 1.29 is 0 Å². The van der Waals surface area contributed by atoms with E-state index in [9.17, 15) is 0 Å². The normalized spacial score (nSPS) is 11.0. The minimum Gasteiger partial charge on any atom is -0.364 e. The summed E-state index contributed by atoms with van der Waals surface area (Å²) >= 11 is 9.90. The molecule has 1 aromatic carbocycles. The van der Waals surface area contributed by atoms with Crippen molar-refractivity contribution in [3.8, 4) is 0 Å². The van der Waals surface area contributed by atoms with E-state index < -0.39 is 0 Å². The predicted octanol–water partition coefficient (Wildman–Crippen LogP) is 0.564. The fourth-order valence-electron chi connectivity index (χ4n) is 1.15. The van der Waals surface area contributed by atoms with Crippen molar-refractivity contribution in [2.45, 2.75) is 0 Å². The number of thiocarbonyl (C=S) groups is 2. The summed E-state index contributed by atoms with van der Waals surface area (Å²) in [5.74, 6) is 0. The molecule has 0 radical (unpaired) electrons. The van der Waals surface area contributed by atoms with Crippen molar-refractivity contribution in [1.82, 2.24) is 21.5 Å². The molecule has 0 heterocycles. The van der Waals surface area contributed by atoms with Gasteiger partial charge >= 0.3 is 0 Å². The van der Waals surface area contributed by atoms with Crippen molar-refractivity contribution in [3.05, 3.63) is 35.9 Å². The number of hydrazone groups is 2. The summed E-state index contributed by atoms with van der Waals surface area (Å²) < 4.78 is 0. The first-order valence-electron chi connectivity index (χ1n) is 5.79. The van der Waals surface area contributed by atoms with Gasteiger partial charge in [-0.2, -0.15) is 10.2 Å². The smallest absolute Gasteiger partial charge is 0.186 e. The van der Waals surface area contributed by atoms with E-state index in [-0.39, 0.29) is 0 Å². The highest BCUT2D eigenvalue weighted by Crippen LogP contribution is 1.99. The van der Waals surface area contributed by atoms with Gasteiger partial charge in [0.05, 0.1) is 6.21 Å². The number of nitrogens with zero attached hydrogens (tertiary/aromatic N) is 2. The number of hydrogen-bond acceptors (Lipinski definition) is 4. The molecule has 0 fully saturated rings. The molecule has 0 spiro atoms. The summed E-state index contributed by atoms with van der Waals surface area (Å²) in [5.41, 5.74) is 6.91. The van der Waals surface area contributed by atoms with Crippen LogP contribution in [0.3, 0.4) is 0 Å². The monoisotopic (exact) mass is 308 g/mol. The molecule has 106 valence electrons. The van der Waals surface area contributed by atoms with Crippen LogP contribution in [0.25, 0.3) is 0 Å². The number of benzene rings is 1. The molecule has 0 amide bonds. The Kier molecular flexibility index (Phi) is 7.15. The minimum absolute atomic E-state index is 0.422. The van der Waals surface area contributed by atoms with E-state index in [0.29, 0.717) is 15.9 Å². The van der Waals surface area contributed by atoms with Gasteiger partial charge in [-0.05, 0) is 24.4 Å². The van der Waals surface area contributed by atoms with E-state index >= 15 is 0 Å². The van der Waals surface area contributed by atoms with Gasteiger partial charge in [-0.3, -0.25) is 10.9 Å². The number of rotatable bonds is 4. The Morgan fingerprint density at radius 3 is 2.20 bits per heavy atom. The van der Waals surface area contributed by atoms with Crippen molar-refractivity contribution >= 4 is 46.6 Å². The SMILES string of the molecule is CNC(=S)N/N=C\C(=N\NC(=S)NC)c1ccccc1. The standard InChI is InChI=1S/C12H16N6S2/c1-13-11(19)17-15-8-10(16-18-12(20)14-2)9-6-4-3-5-7-9/h3-8H,1-2H3,(H2,13,17,19)(H2,14,18,20)/b15-8-,16-10-. The average molecular weight is 308 g/mol. The van der Waals surface area contributed by atoms with Gasteiger partial charge in [0.15, 0.2) is 10.2 Å². The molecule has 4 N–H and O–H groups in total. The highest BCUT2D eigenvalue weighted by Gasteiger charge is 2.00. The Hall–Kier alpha value is -2.06. The van der Waals surface area contributed by atoms with Crippen LogP contribution in [0.2, 0.25) is 0 Å². The van der Waals surface area contributed by atoms with Crippen LogP contribution in [0.15, 0.2) is 40.5 Å². The van der Waals surface area contributed by atoms with Gasteiger partial charge in [0.1, 0.15) is 5.71 Å². The molecule has 0 atom stereocenters. The lowest BCUT2D eigenvalue weighted by molar-refractivity contribution is 0.972. The van der Waals surface area contributed by atoms with E-state index in [2.05, 4.69) is 31.7 Å². The maximum absolute atomic E-state index is 4.98. The number of hydrogen-bond donors (Lipinski definition) is 4. The van der Waals surface area contributed by atoms with Crippen LogP contribution in [0.1, 0.15) is 5.56 Å². The first-order valence-corrected chi connectivity index (χ1v) is 6.60. The van der Waals surface area contributed by atoms with Gasteiger partial charge in [-0.1, -0.05) is 30.3 Å². The summed E-state index contributed by atoms with van der Waals surface area (Å²) in [6, 6.07) is 9.61. The first-order chi connectivity index (χ1) is 9.67. The quantitative estimate of drug-likeness (QED) is 0.370. The van der Waals surface area contributed by atoms with Crippen LogP contribution in [-0.2, 0) is 0 Å². The molecule has 0 aromatic heterocycles. The Labute approximate surface area is 128 Å². The average Bonchev–Trinajstić information content (AvgIpc) is 2.50. The van der Waals surface area contributed by atoms with Crippen LogP contribution in [0.5, 0.6) is 0 Å². The zero-order valence-electron chi connectivity index (χ0n) is 11.2. The van der Waals surface area contributed by atoms with Gasteiger partial charge in [-0.15, -0.1) is 0 Å². The fourth-order valence-corrected chi connectivity index (χ4v) is 1.25. The lowest BCUT2D eigenvalue weighted by atomic mass is 10.1. The van der Waals surface area contributed by atoms with Crippen molar-refractivity contribution in [2.24, 2.45) is 10.2 Å². The molecule has 0 bridgehead atoms. The van der Waals surface area contributed by atoms with Gasteiger partial charge < -0.3 is 10.6 Å². The molecule has 0 saturated heterocycles. The second-order valence-electron chi connectivity index (χ2n) is 3.50. The third-order valence-corrected chi connectivity index (χ3v) is 2.75. The predicted molar refractivity (Wildman–Crippen MR) is 91.1 cm³/mol. The highest BCUT2D eigenvalue weighted by molar-refractivity contribution is 7.80. The van der Waals surface area contributed by atoms with E-state index in [1.165, 1.54) is 0 Å². The lowest BCUT2D eigenvalue weighted by Gasteiger charge is -2.05. The third kappa shape index (κ3) is 5.72. The lowest BCUT2D eigenvalue weighted by Crippen LogP contribution is -2.30. The summed E-state index contributed by atoms with van der Waals surface area (Å²) in [6.45, 7) is 0. The molecule has 0 aliphatic carbocycles. The zero-order valence-corrected chi connectivity index (χ0v) is 12.8. The Bertz CT molecular complexity index is 512. The van der Waals surface area contributed by atoms with E-state index in [0.717, 1.165) is 5.56 Å². The topological polar surface area (TPSA) is 72.8 Å². The highest BCUT2D eigenvalue weighted by atomic mass is 32.1. The Morgan fingerprint density at radius 2 is 1.60 bits per heavy atom. The number of nitrogens with one attached hydrogen (secondary N) is 4. The summed E-state index contributed by atoms with van der Waals surface area (Å²) in [6.07, 6.45) is 1.56. The molecule has 0 saturated carbocycles. The van der Waals surface area contributed by atoms with Gasteiger partial charge in [-0.25, -0.2) is 0 Å². The van der Waals surface area contributed by atoms with E-state index in [1.54, 1.807) is 20.3 Å². The maximum atomic E-state index is 4.98. The van der Waals surface area contributed by atoms with Crippen molar-refractivity contribution in [2.75, 3.05) is 14.1 Å². The summed E-state index contributed by atoms with van der Waals surface area (Å²) in [4.78, 5) is 0. The largest absolute Gasteiger partial charge is 0.364 e. The van der Waals surface area contributed by atoms with Crippen molar-refractivity contribution in [1.29, 1.82) is 0 Å². The third-order valence-electron chi connectivity index (χ3n) is 2.15. The van der Waals surface area contributed by atoms with Gasteiger partial charge in [0, 0.05) is 19.7 Å². The van der Waals surface area contributed by atoms with Crippen molar-refractivity contribution in [3.63, 3.8) is 0 Å².